The molecule has 3 aromatic rings. The monoisotopic (exact) mass is 521 g/mol. The number of nitrogens with one attached hydrogen (secondary N) is 5. The van der Waals surface area contributed by atoms with Gasteiger partial charge in [-0.2, -0.15) is 4.98 Å². The molecule has 0 saturated carbocycles. The van der Waals surface area contributed by atoms with Crippen LogP contribution in [0.5, 0.6) is 0 Å². The minimum atomic E-state index is -0.319. The Morgan fingerprint density at radius 2 is 1.84 bits per heavy atom. The van der Waals surface area contributed by atoms with Gasteiger partial charge < -0.3 is 26.6 Å². The maximum Gasteiger partial charge on any atom is 0.253 e. The quantitative estimate of drug-likeness (QED) is 0.309. The highest BCUT2D eigenvalue weighted by atomic mass is 35.5. The molecule has 0 atom stereocenters. The van der Waals surface area contributed by atoms with Crippen LogP contribution in [0, 0.1) is 0 Å². The molecule has 1 aliphatic rings. The van der Waals surface area contributed by atoms with Gasteiger partial charge in [-0.15, -0.1) is 0 Å². The molecular weight excluding hydrogens is 494 g/mol. The lowest BCUT2D eigenvalue weighted by Gasteiger charge is -2.25. The van der Waals surface area contributed by atoms with Gasteiger partial charge in [-0.05, 0) is 53.8 Å². The largest absolute Gasteiger partial charge is 0.355 e. The molecule has 0 bridgehead atoms. The number of hydrogen-bond acceptors (Lipinski definition) is 7. The Morgan fingerprint density at radius 3 is 2.57 bits per heavy atom. The highest BCUT2D eigenvalue weighted by molar-refractivity contribution is 6.33. The number of nitrogens with zero attached hydrogens (tertiary/aromatic N) is 2. The maximum absolute atomic E-state index is 12.4. The highest BCUT2D eigenvalue weighted by Crippen LogP contribution is 2.38. The first-order chi connectivity index (χ1) is 17.6. The molecule has 4 rings (SSSR count). The van der Waals surface area contributed by atoms with Crippen molar-refractivity contribution in [1.29, 1.82) is 0 Å². The van der Waals surface area contributed by atoms with Gasteiger partial charge in [0.15, 0.2) is 5.82 Å². The standard InChI is InChI=1S/C26H28ClN7O3/c1-14(35)30-16-5-7-17(24(37)28-4)21(12-16)33-23-19(27)13-29-25(34-23)31-15-6-8-20-18(11-15)26(2,3)10-9-22(36)32-20/h5-8,11-13H,9-10H2,1-4H3,(H,28,37)(H,30,35)(H,32,36)(H2,29,31,33,34). The smallest absolute Gasteiger partial charge is 0.253 e. The Bertz CT molecular complexity index is 1390. The van der Waals surface area contributed by atoms with Crippen molar-refractivity contribution in [2.45, 2.75) is 39.0 Å². The molecule has 0 radical (unpaired) electrons. The molecular formula is C26H28ClN7O3. The van der Waals surface area contributed by atoms with Gasteiger partial charge in [0.25, 0.3) is 5.91 Å². The van der Waals surface area contributed by atoms with Crippen LogP contribution in [-0.4, -0.2) is 34.7 Å². The normalized spacial score (nSPS) is 14.0. The summed E-state index contributed by atoms with van der Waals surface area (Å²) in [6, 6.07) is 10.5. The van der Waals surface area contributed by atoms with Crippen LogP contribution in [0.2, 0.25) is 5.02 Å². The van der Waals surface area contributed by atoms with Crippen LogP contribution < -0.4 is 26.6 Å². The summed E-state index contributed by atoms with van der Waals surface area (Å²) in [6.45, 7) is 5.61. The van der Waals surface area contributed by atoms with Gasteiger partial charge in [-0.3, -0.25) is 14.4 Å². The fraction of sp³-hybridized carbons (Fsp3) is 0.269. The number of rotatable bonds is 6. The van der Waals surface area contributed by atoms with Crippen LogP contribution in [0.1, 0.15) is 49.5 Å². The summed E-state index contributed by atoms with van der Waals surface area (Å²) in [5.74, 6) is -0.00905. The van der Waals surface area contributed by atoms with Crippen molar-refractivity contribution < 1.29 is 14.4 Å². The van der Waals surface area contributed by atoms with Gasteiger partial charge in [-0.1, -0.05) is 25.4 Å². The van der Waals surface area contributed by atoms with Crippen molar-refractivity contribution in [3.8, 4) is 0 Å². The van der Waals surface area contributed by atoms with E-state index in [1.54, 1.807) is 18.2 Å². The number of carbonyl (C=O) groups is 3. The number of hydrogen-bond donors (Lipinski definition) is 5. The van der Waals surface area contributed by atoms with E-state index >= 15 is 0 Å². The molecule has 1 aliphatic heterocycles. The first kappa shape index (κ1) is 25.9. The molecule has 0 spiro atoms. The predicted octanol–water partition coefficient (Wildman–Crippen LogP) is 4.95. The average Bonchev–Trinajstić information content (AvgIpc) is 2.96. The van der Waals surface area contributed by atoms with E-state index in [0.717, 1.165) is 23.4 Å². The Labute approximate surface area is 219 Å². The van der Waals surface area contributed by atoms with Crippen molar-refractivity contribution in [2.75, 3.05) is 28.3 Å². The summed E-state index contributed by atoms with van der Waals surface area (Å²) in [5, 5.41) is 14.8. The summed E-state index contributed by atoms with van der Waals surface area (Å²) in [6.07, 6.45) is 2.64. The summed E-state index contributed by atoms with van der Waals surface area (Å²) >= 11 is 6.38. The SMILES string of the molecule is CNC(=O)c1ccc(NC(C)=O)cc1Nc1nc(Nc2ccc3c(c2)C(C)(C)CCC(=O)N3)ncc1Cl. The molecule has 2 heterocycles. The Balaban J connectivity index is 1.64. The molecule has 1 aromatic heterocycles. The third kappa shape index (κ3) is 5.97. The number of benzene rings is 2. The van der Waals surface area contributed by atoms with E-state index in [1.807, 2.05) is 18.2 Å². The van der Waals surface area contributed by atoms with Crippen molar-refractivity contribution >= 4 is 63.8 Å². The van der Waals surface area contributed by atoms with Crippen molar-refractivity contribution in [2.24, 2.45) is 0 Å². The molecule has 11 heteroatoms. The van der Waals surface area contributed by atoms with E-state index in [0.29, 0.717) is 23.4 Å². The van der Waals surface area contributed by atoms with E-state index in [4.69, 9.17) is 11.6 Å². The molecule has 5 N–H and O–H groups in total. The fourth-order valence-corrected chi connectivity index (χ4v) is 4.24. The van der Waals surface area contributed by atoms with E-state index in [-0.39, 0.29) is 39.9 Å². The van der Waals surface area contributed by atoms with E-state index in [1.165, 1.54) is 20.2 Å². The van der Waals surface area contributed by atoms with E-state index < -0.39 is 0 Å². The van der Waals surface area contributed by atoms with Crippen LogP contribution in [-0.2, 0) is 15.0 Å². The van der Waals surface area contributed by atoms with Crippen LogP contribution in [0.15, 0.2) is 42.6 Å². The number of aromatic nitrogens is 2. The predicted molar refractivity (Wildman–Crippen MR) is 145 cm³/mol. The summed E-state index contributed by atoms with van der Waals surface area (Å²) in [5.41, 5.74) is 3.60. The van der Waals surface area contributed by atoms with Crippen LogP contribution in [0.25, 0.3) is 0 Å². The summed E-state index contributed by atoms with van der Waals surface area (Å²) in [7, 11) is 1.53. The molecule has 0 fully saturated rings. The van der Waals surface area contributed by atoms with Gasteiger partial charge in [0, 0.05) is 37.5 Å². The highest BCUT2D eigenvalue weighted by Gasteiger charge is 2.28. The first-order valence-electron chi connectivity index (χ1n) is 11.7. The van der Waals surface area contributed by atoms with Crippen LogP contribution in [0.4, 0.5) is 34.5 Å². The van der Waals surface area contributed by atoms with Gasteiger partial charge >= 0.3 is 0 Å². The Hall–Kier alpha value is -4.18. The Morgan fingerprint density at radius 1 is 1.08 bits per heavy atom. The average molecular weight is 522 g/mol. The summed E-state index contributed by atoms with van der Waals surface area (Å²) in [4.78, 5) is 44.8. The summed E-state index contributed by atoms with van der Waals surface area (Å²) < 4.78 is 0. The van der Waals surface area contributed by atoms with Gasteiger partial charge in [-0.25, -0.2) is 4.98 Å². The topological polar surface area (TPSA) is 137 Å². The third-order valence-corrected chi connectivity index (χ3v) is 6.34. The lowest BCUT2D eigenvalue weighted by Crippen LogP contribution is -2.19. The number of anilines is 6. The second-order valence-electron chi connectivity index (χ2n) is 9.35. The second-order valence-corrected chi connectivity index (χ2v) is 9.76. The molecule has 37 heavy (non-hydrogen) atoms. The Kier molecular flexibility index (Phi) is 7.30. The van der Waals surface area contributed by atoms with Gasteiger partial charge in [0.05, 0.1) is 17.4 Å². The third-order valence-electron chi connectivity index (χ3n) is 6.06. The first-order valence-corrected chi connectivity index (χ1v) is 12.1. The number of amides is 3. The minimum Gasteiger partial charge on any atom is -0.355 e. The zero-order valence-corrected chi connectivity index (χ0v) is 21.7. The molecule has 2 aromatic carbocycles. The van der Waals surface area contributed by atoms with Gasteiger partial charge in [0.1, 0.15) is 5.02 Å². The second kappa shape index (κ2) is 10.4. The molecule has 192 valence electrons. The molecule has 10 nitrogen and oxygen atoms in total. The van der Waals surface area contributed by atoms with Crippen LogP contribution >= 0.6 is 11.6 Å². The van der Waals surface area contributed by atoms with Crippen molar-refractivity contribution in [3.05, 3.63) is 58.7 Å². The molecule has 3 amide bonds. The number of carbonyl (C=O) groups excluding carboxylic acids is 3. The maximum atomic E-state index is 12.4. The number of fused-ring (bicyclic) bond motifs is 1. The van der Waals surface area contributed by atoms with Gasteiger partial charge in [0.2, 0.25) is 17.8 Å². The van der Waals surface area contributed by atoms with E-state index in [9.17, 15) is 14.4 Å². The van der Waals surface area contributed by atoms with Crippen LogP contribution in [0.3, 0.4) is 0 Å². The zero-order valence-electron chi connectivity index (χ0n) is 21.0. The molecule has 0 unspecified atom stereocenters. The molecule has 0 aliphatic carbocycles. The number of halogens is 1. The zero-order chi connectivity index (χ0) is 26.7. The minimum absolute atomic E-state index is 0.00276. The fourth-order valence-electron chi connectivity index (χ4n) is 4.10. The lowest BCUT2D eigenvalue weighted by atomic mass is 9.80. The molecule has 0 saturated heterocycles. The van der Waals surface area contributed by atoms with Crippen molar-refractivity contribution in [3.63, 3.8) is 0 Å². The lowest BCUT2D eigenvalue weighted by molar-refractivity contribution is -0.116. The van der Waals surface area contributed by atoms with E-state index in [2.05, 4.69) is 50.4 Å². The van der Waals surface area contributed by atoms with Crippen molar-refractivity contribution in [1.82, 2.24) is 15.3 Å².